The Morgan fingerprint density at radius 3 is 1.81 bits per heavy atom. The Morgan fingerprint density at radius 1 is 0.606 bits per heavy atom. The number of hydrogen-bond donors (Lipinski definition) is 13. The lowest BCUT2D eigenvalue weighted by Gasteiger charge is -2.42. The number of hydrogen-bond acceptors (Lipinski definition) is 14. The highest BCUT2D eigenvalue weighted by molar-refractivity contribution is 5.95. The van der Waals surface area contributed by atoms with E-state index in [4.69, 9.17) is 28.7 Å². The van der Waals surface area contributed by atoms with Crippen LogP contribution in [0.3, 0.4) is 0 Å². The summed E-state index contributed by atoms with van der Waals surface area (Å²) in [7, 11) is 0. The SMILES string of the molecule is Cc1cc(O)cc(C)c1C[C@H](N)C(=O)N[C@H](CCCN=C(N)N)C(=O)N[C@@H](Cc1ccccc1)C(=O)N[C@@H](CCCCN)C(=O)NCCN(CC1Cc2ccccc2CN1C(=O)[C@@H](N)Cc1ccc(O)cc1)[C@@H](Cc1ccccc1)C(=O)NC(CC1CCCCC1)C(=O)O. The van der Waals surface area contributed by atoms with Crippen molar-refractivity contribution in [2.24, 2.45) is 39.6 Å². The van der Waals surface area contributed by atoms with Crippen molar-refractivity contribution in [2.45, 2.75) is 171 Å². The quantitative estimate of drug-likeness (QED) is 0.0157. The molecule has 1 saturated carbocycles. The summed E-state index contributed by atoms with van der Waals surface area (Å²) in [6.07, 6.45) is 7.17. The van der Waals surface area contributed by atoms with Gasteiger partial charge in [0, 0.05) is 45.2 Å². The fraction of sp³-hybridized carbons (Fsp3) is 0.465. The second-order valence-corrected chi connectivity index (χ2v) is 25.2. The number of nitrogens with one attached hydrogen (secondary N) is 5. The predicted molar refractivity (Wildman–Crippen MR) is 362 cm³/mol. The van der Waals surface area contributed by atoms with Crippen molar-refractivity contribution in [3.63, 3.8) is 0 Å². The number of nitrogens with zero attached hydrogens (tertiary/aromatic N) is 3. The molecule has 8 atom stereocenters. The van der Waals surface area contributed by atoms with E-state index in [0.717, 1.165) is 71.0 Å². The van der Waals surface area contributed by atoms with Crippen molar-refractivity contribution < 1.29 is 48.9 Å². The monoisotopic (exact) mass is 1290 g/mol. The third-order valence-electron chi connectivity index (χ3n) is 17.9. The van der Waals surface area contributed by atoms with E-state index in [2.05, 4.69) is 31.6 Å². The normalized spacial score (nSPS) is 16.2. The molecule has 506 valence electrons. The summed E-state index contributed by atoms with van der Waals surface area (Å²) in [6, 6.07) is 27.2. The number of carbonyl (C=O) groups is 7. The summed E-state index contributed by atoms with van der Waals surface area (Å²) in [4.78, 5) is 109. The number of guanidine groups is 1. The van der Waals surface area contributed by atoms with Gasteiger partial charge < -0.3 is 75.5 Å². The van der Waals surface area contributed by atoms with Crippen molar-refractivity contribution in [2.75, 3.05) is 32.7 Å². The molecule has 2 unspecified atom stereocenters. The summed E-state index contributed by atoms with van der Waals surface area (Å²) in [5.74, 6) is -4.52. The lowest BCUT2D eigenvalue weighted by atomic mass is 9.84. The van der Waals surface area contributed by atoms with Crippen LogP contribution in [0.2, 0.25) is 0 Å². The van der Waals surface area contributed by atoms with E-state index in [1.807, 2.05) is 65.6 Å². The molecule has 1 fully saturated rings. The summed E-state index contributed by atoms with van der Waals surface area (Å²) < 4.78 is 0. The van der Waals surface area contributed by atoms with Gasteiger partial charge in [0.1, 0.15) is 35.7 Å². The average molecular weight is 1290 g/mol. The largest absolute Gasteiger partial charge is 0.508 e. The van der Waals surface area contributed by atoms with Crippen LogP contribution in [-0.4, -0.2) is 154 Å². The van der Waals surface area contributed by atoms with E-state index < -0.39 is 83.8 Å². The third-order valence-corrected chi connectivity index (χ3v) is 17.9. The maximum absolute atomic E-state index is 15.2. The van der Waals surface area contributed by atoms with Crippen molar-refractivity contribution in [1.82, 2.24) is 36.4 Å². The summed E-state index contributed by atoms with van der Waals surface area (Å²) >= 11 is 0. The highest BCUT2D eigenvalue weighted by atomic mass is 16.4. The van der Waals surface area contributed by atoms with Gasteiger partial charge in [-0.25, -0.2) is 4.79 Å². The van der Waals surface area contributed by atoms with Gasteiger partial charge in [0.05, 0.1) is 18.1 Å². The van der Waals surface area contributed by atoms with Gasteiger partial charge in [0.25, 0.3) is 0 Å². The third kappa shape index (κ3) is 22.4. The highest BCUT2D eigenvalue weighted by Gasteiger charge is 2.39. The van der Waals surface area contributed by atoms with Crippen LogP contribution in [0.4, 0.5) is 0 Å². The van der Waals surface area contributed by atoms with Crippen LogP contribution in [0.1, 0.15) is 115 Å². The Hall–Kier alpha value is -8.90. The number of aliphatic imine (C=N–C) groups is 1. The van der Waals surface area contributed by atoms with Gasteiger partial charge in [0.2, 0.25) is 35.4 Å². The standard InChI is InChI=1S/C71H97N13O10/c1-45-35-55(86)36-46(2)56(45)42-57(73)64(87)79-60(26-16-32-78-71(75)76)66(89)81-61(38-47-17-6-3-7-18-47)67(90)80-59(25-14-15-31-72)65(88)77-33-34-83(63(40-49-21-10-5-11-22-49)68(91)82-62(70(93)94)39-48-19-8-4-9-20-48)44-53-41-51-23-12-13-24-52(51)43-84(53)69(92)58(74)37-50-27-29-54(85)30-28-50/h3,5-7,10-13,17-18,21-24,27-30,35-36,48,53,57-63,85-86H,4,8-9,14-16,19-20,25-26,31-34,37-44,72-74H2,1-2H3,(H,77,88)(H,79,87)(H,80,90)(H,81,89)(H,82,91)(H,93,94)(H4,75,76,78)/t53?,57-,58-,59-,60+,61-,62?,63-/m0/s1. The first-order valence-electron chi connectivity index (χ1n) is 32.9. The molecule has 1 aliphatic carbocycles. The number of phenolic OH excluding ortho intramolecular Hbond substituents is 2. The van der Waals surface area contributed by atoms with Crippen LogP contribution >= 0.6 is 0 Å². The summed E-state index contributed by atoms with van der Waals surface area (Å²) in [5, 5.41) is 45.4. The van der Waals surface area contributed by atoms with Gasteiger partial charge in [-0.15, -0.1) is 0 Å². The number of fused-ring (bicyclic) bond motifs is 1. The number of unbranched alkanes of at least 4 members (excludes halogenated alkanes) is 1. The maximum Gasteiger partial charge on any atom is 0.326 e. The number of nitrogens with two attached hydrogens (primary N) is 5. The minimum Gasteiger partial charge on any atom is -0.508 e. The molecule has 7 rings (SSSR count). The zero-order chi connectivity index (χ0) is 67.7. The molecular weight excluding hydrogens is 1190 g/mol. The van der Waals surface area contributed by atoms with Crippen LogP contribution < -0.4 is 55.3 Å². The van der Waals surface area contributed by atoms with Crippen molar-refractivity contribution >= 4 is 47.4 Å². The van der Waals surface area contributed by atoms with E-state index in [0.29, 0.717) is 31.4 Å². The lowest BCUT2D eigenvalue weighted by Crippen LogP contribution is -2.60. The minimum absolute atomic E-state index is 0.0147. The van der Waals surface area contributed by atoms with Gasteiger partial charge in [-0.2, -0.15) is 0 Å². The fourth-order valence-corrected chi connectivity index (χ4v) is 12.8. The van der Waals surface area contributed by atoms with Gasteiger partial charge in [-0.3, -0.25) is 38.7 Å². The van der Waals surface area contributed by atoms with Crippen molar-refractivity contribution in [3.8, 4) is 11.5 Å². The number of carboxylic acid groups (broad SMARTS) is 1. The van der Waals surface area contributed by atoms with Crippen LogP contribution in [0, 0.1) is 19.8 Å². The van der Waals surface area contributed by atoms with Crippen LogP contribution in [0.25, 0.3) is 0 Å². The Balaban J connectivity index is 1.17. The van der Waals surface area contributed by atoms with Gasteiger partial charge in [0.15, 0.2) is 5.96 Å². The molecule has 23 nitrogen and oxygen atoms in total. The van der Waals surface area contributed by atoms with Gasteiger partial charge >= 0.3 is 5.97 Å². The number of carbonyl (C=O) groups excluding carboxylic acids is 6. The second kappa shape index (κ2) is 36.5. The van der Waals surface area contributed by atoms with Crippen molar-refractivity contribution in [3.05, 3.63) is 166 Å². The van der Waals surface area contributed by atoms with Crippen molar-refractivity contribution in [1.29, 1.82) is 0 Å². The second-order valence-electron chi connectivity index (χ2n) is 25.2. The Bertz CT molecular complexity index is 3310. The molecule has 23 heteroatoms. The van der Waals surface area contributed by atoms with Gasteiger partial charge in [-0.1, -0.05) is 129 Å². The number of carboxylic acids is 1. The predicted octanol–water partition coefficient (Wildman–Crippen LogP) is 3.56. The molecule has 5 aromatic rings. The first-order valence-corrected chi connectivity index (χ1v) is 32.9. The smallest absolute Gasteiger partial charge is 0.326 e. The molecule has 0 spiro atoms. The number of amides is 6. The van der Waals surface area contributed by atoms with Crippen LogP contribution in [-0.2, 0) is 72.2 Å². The Labute approximate surface area is 551 Å². The summed E-state index contributed by atoms with van der Waals surface area (Å²) in [6.45, 7) is 4.27. The van der Waals surface area contributed by atoms with E-state index in [1.165, 1.54) is 12.1 Å². The van der Waals surface area contributed by atoms with Crippen LogP contribution in [0.15, 0.2) is 126 Å². The number of aromatic hydroxyl groups is 2. The number of rotatable bonds is 35. The molecule has 18 N–H and O–H groups in total. The summed E-state index contributed by atoms with van der Waals surface area (Å²) in [5.41, 5.74) is 36.8. The molecular formula is C71H97N13O10. The molecule has 0 radical (unpaired) electrons. The van der Waals surface area contributed by atoms with Gasteiger partial charge in [-0.05, 0) is 159 Å². The molecule has 6 amide bonds. The Kier molecular flexibility index (Phi) is 28.2. The van der Waals surface area contributed by atoms with E-state index in [9.17, 15) is 44.1 Å². The first kappa shape index (κ1) is 72.5. The average Bonchev–Trinajstić information content (AvgIpc) is 0.805. The number of aryl methyl sites for hydroxylation is 2. The molecule has 0 saturated heterocycles. The maximum atomic E-state index is 15.2. The molecule has 1 aliphatic heterocycles. The molecule has 2 aliphatic rings. The van der Waals surface area contributed by atoms with Crippen LogP contribution in [0.5, 0.6) is 11.5 Å². The fourth-order valence-electron chi connectivity index (χ4n) is 12.8. The number of benzene rings is 5. The molecule has 5 aromatic carbocycles. The number of aliphatic carboxylic acids is 1. The number of phenols is 2. The molecule has 0 aromatic heterocycles. The van der Waals surface area contributed by atoms with E-state index in [-0.39, 0.29) is 113 Å². The molecule has 1 heterocycles. The lowest BCUT2D eigenvalue weighted by molar-refractivity contribution is -0.143. The zero-order valence-corrected chi connectivity index (χ0v) is 54.2. The van der Waals surface area contributed by atoms with E-state index >= 15 is 4.79 Å². The molecule has 94 heavy (non-hydrogen) atoms. The molecule has 0 bridgehead atoms. The first-order chi connectivity index (χ1) is 45.1. The Morgan fingerprint density at radius 2 is 1.17 bits per heavy atom. The minimum atomic E-state index is -1.28. The van der Waals surface area contributed by atoms with E-state index in [1.54, 1.807) is 67.3 Å². The zero-order valence-electron chi connectivity index (χ0n) is 54.2. The highest BCUT2D eigenvalue weighted by Crippen LogP contribution is 2.30. The topological polar surface area (TPSA) is 389 Å².